The van der Waals surface area contributed by atoms with Gasteiger partial charge in [0.2, 0.25) is 0 Å². The number of carbonyl (C=O) groups excluding carboxylic acids is 1. The predicted molar refractivity (Wildman–Crippen MR) is 111 cm³/mol. The van der Waals surface area contributed by atoms with Crippen LogP contribution in [0.3, 0.4) is 0 Å². The van der Waals surface area contributed by atoms with Gasteiger partial charge >= 0.3 is 0 Å². The number of halogens is 1. The molecule has 1 N–H and O–H groups in total. The molecule has 1 amide bonds. The summed E-state index contributed by atoms with van der Waals surface area (Å²) < 4.78 is 40.9. The fraction of sp³-hybridized carbons (Fsp3) is 0.136. The molecule has 0 aromatic heterocycles. The monoisotopic (exact) mass is 412 g/mol. The Hall–Kier alpha value is -3.19. The lowest BCUT2D eigenvalue weighted by Crippen LogP contribution is -2.27. The minimum atomic E-state index is -3.85. The maximum Gasteiger partial charge on any atom is 0.264 e. The highest BCUT2D eigenvalue weighted by molar-refractivity contribution is 7.92. The van der Waals surface area contributed by atoms with Gasteiger partial charge in [-0.15, -0.1) is 0 Å². The first-order valence-corrected chi connectivity index (χ1v) is 10.4. The number of aryl methyl sites for hydroxylation is 1. The smallest absolute Gasteiger partial charge is 0.264 e. The topological polar surface area (TPSA) is 66.5 Å². The number of hydrogen-bond acceptors (Lipinski definition) is 3. The number of anilines is 1. The molecule has 150 valence electrons. The van der Waals surface area contributed by atoms with Crippen LogP contribution in [0.2, 0.25) is 0 Å². The molecule has 29 heavy (non-hydrogen) atoms. The van der Waals surface area contributed by atoms with Crippen LogP contribution < -0.4 is 9.62 Å². The summed E-state index contributed by atoms with van der Waals surface area (Å²) in [6, 6.07) is 19.1. The normalized spacial score (nSPS) is 11.1. The largest absolute Gasteiger partial charge is 0.348 e. The number of amides is 1. The molecule has 0 aliphatic rings. The van der Waals surface area contributed by atoms with Gasteiger partial charge < -0.3 is 5.32 Å². The molecular weight excluding hydrogens is 391 g/mol. The minimum absolute atomic E-state index is 0.0000442. The summed E-state index contributed by atoms with van der Waals surface area (Å²) in [5, 5.41) is 2.62. The van der Waals surface area contributed by atoms with Crippen molar-refractivity contribution in [3.05, 3.63) is 95.3 Å². The zero-order valence-electron chi connectivity index (χ0n) is 16.1. The maximum absolute atomic E-state index is 13.7. The van der Waals surface area contributed by atoms with Crippen molar-refractivity contribution >= 4 is 21.6 Å². The Bertz CT molecular complexity index is 1150. The summed E-state index contributed by atoms with van der Waals surface area (Å²) in [6.07, 6.45) is 0. The number of carbonyl (C=O) groups is 1. The molecule has 0 unspecified atom stereocenters. The van der Waals surface area contributed by atoms with E-state index in [9.17, 15) is 17.6 Å². The van der Waals surface area contributed by atoms with Crippen molar-refractivity contribution in [2.45, 2.75) is 18.4 Å². The van der Waals surface area contributed by atoms with Gasteiger partial charge in [-0.05, 0) is 48.9 Å². The maximum atomic E-state index is 13.7. The van der Waals surface area contributed by atoms with Gasteiger partial charge in [0.1, 0.15) is 5.82 Å². The quantitative estimate of drug-likeness (QED) is 0.668. The van der Waals surface area contributed by atoms with Crippen LogP contribution >= 0.6 is 0 Å². The molecule has 0 heterocycles. The molecule has 0 aliphatic heterocycles. The number of benzene rings is 3. The molecule has 7 heteroatoms. The number of sulfonamides is 1. The lowest BCUT2D eigenvalue weighted by atomic mass is 10.2. The molecule has 0 bridgehead atoms. The van der Waals surface area contributed by atoms with Gasteiger partial charge in [0.25, 0.3) is 15.9 Å². The van der Waals surface area contributed by atoms with E-state index in [-0.39, 0.29) is 17.0 Å². The number of nitrogens with zero attached hydrogens (tertiary/aromatic N) is 1. The summed E-state index contributed by atoms with van der Waals surface area (Å²) in [5.41, 5.74) is 1.99. The minimum Gasteiger partial charge on any atom is -0.348 e. The van der Waals surface area contributed by atoms with Crippen molar-refractivity contribution in [2.75, 3.05) is 11.4 Å². The average molecular weight is 412 g/mol. The average Bonchev–Trinajstić information content (AvgIpc) is 2.72. The predicted octanol–water partition coefficient (Wildman–Crippen LogP) is 3.89. The van der Waals surface area contributed by atoms with E-state index in [4.69, 9.17) is 0 Å². The Morgan fingerprint density at radius 3 is 2.45 bits per heavy atom. The van der Waals surface area contributed by atoms with Gasteiger partial charge in [-0.1, -0.05) is 36.4 Å². The van der Waals surface area contributed by atoms with Crippen molar-refractivity contribution in [2.24, 2.45) is 0 Å². The van der Waals surface area contributed by atoms with E-state index >= 15 is 0 Å². The molecule has 0 spiro atoms. The third kappa shape index (κ3) is 4.63. The van der Waals surface area contributed by atoms with Crippen LogP contribution in [0.1, 0.15) is 21.5 Å². The first kappa shape index (κ1) is 20.5. The number of rotatable bonds is 6. The summed E-state index contributed by atoms with van der Waals surface area (Å²) in [6.45, 7) is 1.89. The highest BCUT2D eigenvalue weighted by Crippen LogP contribution is 2.23. The molecule has 0 radical (unpaired) electrons. The van der Waals surface area contributed by atoms with E-state index < -0.39 is 21.7 Å². The molecule has 5 nitrogen and oxygen atoms in total. The Kier molecular flexibility index (Phi) is 5.98. The first-order valence-electron chi connectivity index (χ1n) is 8.96. The molecule has 3 aromatic rings. The van der Waals surface area contributed by atoms with Gasteiger partial charge in [0.05, 0.1) is 10.6 Å². The van der Waals surface area contributed by atoms with Gasteiger partial charge in [0.15, 0.2) is 0 Å². The standard InChI is InChI=1S/C22H21FN2O3S/c1-16-7-5-10-19(13-16)25(2)29(27,28)20-11-6-9-17(14-20)22(26)24-15-18-8-3-4-12-21(18)23/h3-14H,15H2,1-2H3,(H,24,26). The Morgan fingerprint density at radius 1 is 1.00 bits per heavy atom. The van der Waals surface area contributed by atoms with Crippen LogP contribution in [0, 0.1) is 12.7 Å². The van der Waals surface area contributed by atoms with Crippen molar-refractivity contribution in [1.29, 1.82) is 0 Å². The fourth-order valence-electron chi connectivity index (χ4n) is 2.84. The van der Waals surface area contributed by atoms with Crippen LogP contribution in [-0.2, 0) is 16.6 Å². The van der Waals surface area contributed by atoms with Crippen molar-refractivity contribution in [1.82, 2.24) is 5.32 Å². The Morgan fingerprint density at radius 2 is 1.72 bits per heavy atom. The molecule has 0 aliphatic carbocycles. The second-order valence-electron chi connectivity index (χ2n) is 6.61. The summed E-state index contributed by atoms with van der Waals surface area (Å²) in [7, 11) is -2.38. The highest BCUT2D eigenvalue weighted by atomic mass is 32.2. The summed E-state index contributed by atoms with van der Waals surface area (Å²) >= 11 is 0. The summed E-state index contributed by atoms with van der Waals surface area (Å²) in [5.74, 6) is -0.896. The number of nitrogens with one attached hydrogen (secondary N) is 1. The van der Waals surface area contributed by atoms with Crippen molar-refractivity contribution in [3.63, 3.8) is 0 Å². The first-order chi connectivity index (χ1) is 13.8. The van der Waals surface area contributed by atoms with Crippen LogP contribution in [0.25, 0.3) is 0 Å². The summed E-state index contributed by atoms with van der Waals surface area (Å²) in [4.78, 5) is 12.5. The van der Waals surface area contributed by atoms with Crippen molar-refractivity contribution in [3.8, 4) is 0 Å². The molecule has 0 fully saturated rings. The van der Waals surface area contributed by atoms with E-state index in [2.05, 4.69) is 5.32 Å². The van der Waals surface area contributed by atoms with E-state index in [1.54, 1.807) is 36.4 Å². The molecule has 3 rings (SSSR count). The van der Waals surface area contributed by atoms with E-state index in [0.717, 1.165) is 5.56 Å². The van der Waals surface area contributed by atoms with Gasteiger partial charge in [-0.25, -0.2) is 12.8 Å². The Labute approximate surface area is 169 Å². The van der Waals surface area contributed by atoms with E-state index in [1.807, 2.05) is 13.0 Å². The van der Waals surface area contributed by atoms with E-state index in [1.165, 1.54) is 41.7 Å². The molecule has 0 saturated heterocycles. The van der Waals surface area contributed by atoms with Crippen molar-refractivity contribution < 1.29 is 17.6 Å². The van der Waals surface area contributed by atoms with E-state index in [0.29, 0.717) is 11.3 Å². The number of hydrogen-bond donors (Lipinski definition) is 1. The second kappa shape index (κ2) is 8.45. The zero-order valence-corrected chi connectivity index (χ0v) is 16.9. The SMILES string of the molecule is Cc1cccc(N(C)S(=O)(=O)c2cccc(C(=O)NCc3ccccc3F)c2)c1. The fourth-order valence-corrected chi connectivity index (χ4v) is 4.07. The zero-order chi connectivity index (χ0) is 21.0. The van der Waals surface area contributed by atoms with Gasteiger partial charge in [-0.2, -0.15) is 0 Å². The van der Waals surface area contributed by atoms with Crippen LogP contribution in [-0.4, -0.2) is 21.4 Å². The molecule has 0 atom stereocenters. The third-order valence-corrected chi connectivity index (χ3v) is 6.30. The molecule has 0 saturated carbocycles. The lowest BCUT2D eigenvalue weighted by Gasteiger charge is -2.20. The lowest BCUT2D eigenvalue weighted by molar-refractivity contribution is 0.0950. The van der Waals surface area contributed by atoms with Crippen LogP contribution in [0.15, 0.2) is 77.7 Å². The molecule has 3 aromatic carbocycles. The second-order valence-corrected chi connectivity index (χ2v) is 8.58. The van der Waals surface area contributed by atoms with Crippen LogP contribution in [0.5, 0.6) is 0 Å². The Balaban J connectivity index is 1.81. The third-order valence-electron chi connectivity index (χ3n) is 4.52. The van der Waals surface area contributed by atoms with Gasteiger partial charge in [-0.3, -0.25) is 9.10 Å². The highest BCUT2D eigenvalue weighted by Gasteiger charge is 2.22. The van der Waals surface area contributed by atoms with Gasteiger partial charge in [0, 0.05) is 24.7 Å². The molecular formula is C22H21FN2O3S. The van der Waals surface area contributed by atoms with Crippen LogP contribution in [0.4, 0.5) is 10.1 Å².